The normalized spacial score (nSPS) is 10.1. The molecule has 4 N–H and O–H groups in total. The van der Waals surface area contributed by atoms with Gasteiger partial charge in [0.25, 0.3) is 5.91 Å². The van der Waals surface area contributed by atoms with Gasteiger partial charge in [-0.2, -0.15) is 0 Å². The molecule has 0 bridgehead atoms. The van der Waals surface area contributed by atoms with E-state index < -0.39 is 0 Å². The van der Waals surface area contributed by atoms with Crippen molar-refractivity contribution < 1.29 is 9.59 Å². The first-order valence-electron chi connectivity index (χ1n) is 6.05. The van der Waals surface area contributed by atoms with Crippen LogP contribution in [0.3, 0.4) is 0 Å². The topological polar surface area (TPSA) is 84.2 Å². The molecule has 0 saturated carbocycles. The lowest BCUT2D eigenvalue weighted by Crippen LogP contribution is -2.21. The maximum Gasteiger partial charge on any atom is 0.265 e. The molecular weight excluding hydrogens is 274 g/mol. The number of anilines is 2. The van der Waals surface area contributed by atoms with Gasteiger partial charge in [-0.25, -0.2) is 0 Å². The van der Waals surface area contributed by atoms with Crippen molar-refractivity contribution >= 4 is 34.5 Å². The average Bonchev–Trinajstić information content (AvgIpc) is 2.95. The molecule has 2 amide bonds. The van der Waals surface area contributed by atoms with E-state index in [1.807, 2.05) is 18.4 Å². The molecule has 1 heterocycles. The van der Waals surface area contributed by atoms with E-state index in [0.29, 0.717) is 16.3 Å². The molecule has 0 aliphatic heterocycles. The van der Waals surface area contributed by atoms with Crippen LogP contribution in [0.1, 0.15) is 15.2 Å². The maximum absolute atomic E-state index is 11.9. The highest BCUT2D eigenvalue weighted by Gasteiger charge is 2.09. The van der Waals surface area contributed by atoms with Crippen LogP contribution in [-0.2, 0) is 4.79 Å². The van der Waals surface area contributed by atoms with Crippen LogP contribution in [0.4, 0.5) is 11.4 Å². The molecule has 6 heteroatoms. The largest absolute Gasteiger partial charge is 0.325 e. The summed E-state index contributed by atoms with van der Waals surface area (Å²) in [6.45, 7) is 1.80. The van der Waals surface area contributed by atoms with Crippen molar-refractivity contribution in [3.8, 4) is 0 Å². The summed E-state index contributed by atoms with van der Waals surface area (Å²) in [4.78, 5) is 23.8. The molecule has 0 fully saturated rings. The molecule has 0 unspecified atom stereocenters. The van der Waals surface area contributed by atoms with Crippen LogP contribution in [-0.4, -0.2) is 18.4 Å². The minimum Gasteiger partial charge on any atom is -0.325 e. The van der Waals surface area contributed by atoms with Gasteiger partial charge in [0.15, 0.2) is 0 Å². The number of hydrogen-bond acceptors (Lipinski definition) is 4. The van der Waals surface area contributed by atoms with Gasteiger partial charge in [0, 0.05) is 11.4 Å². The summed E-state index contributed by atoms with van der Waals surface area (Å²) in [5.74, 6) is -0.387. The van der Waals surface area contributed by atoms with Crippen LogP contribution < -0.4 is 16.4 Å². The van der Waals surface area contributed by atoms with E-state index in [2.05, 4.69) is 10.6 Å². The third kappa shape index (κ3) is 3.43. The van der Waals surface area contributed by atoms with Crippen LogP contribution >= 0.6 is 11.3 Å². The predicted octanol–water partition coefficient (Wildman–Crippen LogP) is 2.21. The molecule has 2 rings (SSSR count). The number of nitrogens with two attached hydrogens (primary N) is 1. The molecule has 0 saturated heterocycles. The standard InChI is InChI=1S/C14H15N3O2S/c1-9-7-10(16-13(18)8-15)4-5-11(9)17-14(19)12-3-2-6-20-12/h2-7H,8,15H2,1H3,(H,16,18)(H,17,19). The Bertz CT molecular complexity index is 623. The molecule has 5 nitrogen and oxygen atoms in total. The van der Waals surface area contributed by atoms with Crippen molar-refractivity contribution in [1.29, 1.82) is 0 Å². The van der Waals surface area contributed by atoms with Gasteiger partial charge >= 0.3 is 0 Å². The summed E-state index contributed by atoms with van der Waals surface area (Å²) < 4.78 is 0. The smallest absolute Gasteiger partial charge is 0.265 e. The van der Waals surface area contributed by atoms with Crippen LogP contribution in [0.2, 0.25) is 0 Å². The molecule has 104 valence electrons. The van der Waals surface area contributed by atoms with Gasteiger partial charge in [-0.15, -0.1) is 11.3 Å². The zero-order valence-electron chi connectivity index (χ0n) is 11.0. The minimum atomic E-state index is -0.250. The predicted molar refractivity (Wildman–Crippen MR) is 81.1 cm³/mol. The van der Waals surface area contributed by atoms with E-state index in [1.54, 1.807) is 24.3 Å². The zero-order valence-corrected chi connectivity index (χ0v) is 11.8. The highest BCUT2D eigenvalue weighted by atomic mass is 32.1. The van der Waals surface area contributed by atoms with Crippen molar-refractivity contribution in [3.05, 3.63) is 46.2 Å². The number of hydrogen-bond donors (Lipinski definition) is 3. The van der Waals surface area contributed by atoms with Crippen molar-refractivity contribution in [1.82, 2.24) is 0 Å². The van der Waals surface area contributed by atoms with E-state index in [9.17, 15) is 9.59 Å². The Morgan fingerprint density at radius 3 is 2.65 bits per heavy atom. The van der Waals surface area contributed by atoms with Crippen molar-refractivity contribution in [3.63, 3.8) is 0 Å². The molecule has 2 aromatic rings. The Balaban J connectivity index is 2.10. The lowest BCUT2D eigenvalue weighted by Gasteiger charge is -2.10. The Morgan fingerprint density at radius 1 is 1.25 bits per heavy atom. The minimum absolute atomic E-state index is 0.0596. The van der Waals surface area contributed by atoms with E-state index in [0.717, 1.165) is 5.56 Å². The summed E-state index contributed by atoms with van der Waals surface area (Å²) in [7, 11) is 0. The van der Waals surface area contributed by atoms with Crippen LogP contribution in [0, 0.1) is 6.92 Å². The van der Waals surface area contributed by atoms with Crippen LogP contribution in [0.15, 0.2) is 35.7 Å². The summed E-state index contributed by atoms with van der Waals surface area (Å²) >= 11 is 1.39. The first kappa shape index (κ1) is 14.2. The fraction of sp³-hybridized carbons (Fsp3) is 0.143. The lowest BCUT2D eigenvalue weighted by atomic mass is 10.1. The monoisotopic (exact) mass is 289 g/mol. The van der Waals surface area contributed by atoms with E-state index in [1.165, 1.54) is 11.3 Å². The second-order valence-corrected chi connectivity index (χ2v) is 5.16. The fourth-order valence-electron chi connectivity index (χ4n) is 1.69. The molecule has 1 aromatic heterocycles. The van der Waals surface area contributed by atoms with Gasteiger partial charge in [0.05, 0.1) is 11.4 Å². The van der Waals surface area contributed by atoms with Gasteiger partial charge in [-0.05, 0) is 42.1 Å². The highest BCUT2D eigenvalue weighted by Crippen LogP contribution is 2.21. The molecule has 0 atom stereocenters. The third-order valence-corrected chi connectivity index (χ3v) is 3.56. The quantitative estimate of drug-likeness (QED) is 0.806. The lowest BCUT2D eigenvalue weighted by molar-refractivity contribution is -0.114. The van der Waals surface area contributed by atoms with Gasteiger partial charge in [-0.1, -0.05) is 6.07 Å². The molecular formula is C14H15N3O2S. The highest BCUT2D eigenvalue weighted by molar-refractivity contribution is 7.12. The summed E-state index contributed by atoms with van der Waals surface area (Å²) in [6, 6.07) is 8.87. The van der Waals surface area contributed by atoms with Crippen LogP contribution in [0.5, 0.6) is 0 Å². The van der Waals surface area contributed by atoms with E-state index >= 15 is 0 Å². The molecule has 0 radical (unpaired) electrons. The van der Waals surface area contributed by atoms with Gasteiger partial charge < -0.3 is 16.4 Å². The second-order valence-electron chi connectivity index (χ2n) is 4.21. The molecule has 20 heavy (non-hydrogen) atoms. The second kappa shape index (κ2) is 6.31. The van der Waals surface area contributed by atoms with Gasteiger partial charge in [0.1, 0.15) is 0 Å². The number of rotatable bonds is 4. The van der Waals surface area contributed by atoms with Crippen molar-refractivity contribution in [2.75, 3.05) is 17.2 Å². The Hall–Kier alpha value is -2.18. The molecule has 0 spiro atoms. The number of carbonyl (C=O) groups is 2. The first-order chi connectivity index (χ1) is 9.60. The number of amides is 2. The number of nitrogens with one attached hydrogen (secondary N) is 2. The van der Waals surface area contributed by atoms with Crippen LogP contribution in [0.25, 0.3) is 0 Å². The summed E-state index contributed by atoms with van der Waals surface area (Å²) in [5.41, 5.74) is 7.48. The number of thiophene rings is 1. The third-order valence-electron chi connectivity index (χ3n) is 2.69. The fourth-order valence-corrected chi connectivity index (χ4v) is 2.30. The number of carbonyl (C=O) groups excluding carboxylic acids is 2. The summed E-state index contributed by atoms with van der Waals surface area (Å²) in [5, 5.41) is 7.36. The molecule has 0 aliphatic rings. The van der Waals surface area contributed by atoms with Crippen molar-refractivity contribution in [2.24, 2.45) is 5.73 Å². The van der Waals surface area contributed by atoms with Crippen molar-refractivity contribution in [2.45, 2.75) is 6.92 Å². The Kier molecular flexibility index (Phi) is 4.49. The number of benzene rings is 1. The Morgan fingerprint density at radius 2 is 2.05 bits per heavy atom. The Labute approximate surface area is 120 Å². The van der Waals surface area contributed by atoms with Gasteiger partial charge in [0.2, 0.25) is 5.91 Å². The summed E-state index contributed by atoms with van der Waals surface area (Å²) in [6.07, 6.45) is 0. The average molecular weight is 289 g/mol. The SMILES string of the molecule is Cc1cc(NC(=O)CN)ccc1NC(=O)c1cccs1. The maximum atomic E-state index is 11.9. The number of aryl methyl sites for hydroxylation is 1. The zero-order chi connectivity index (χ0) is 14.5. The first-order valence-corrected chi connectivity index (χ1v) is 6.93. The van der Waals surface area contributed by atoms with E-state index in [-0.39, 0.29) is 18.4 Å². The molecule has 0 aliphatic carbocycles. The van der Waals surface area contributed by atoms with E-state index in [4.69, 9.17) is 5.73 Å². The van der Waals surface area contributed by atoms with Gasteiger partial charge in [-0.3, -0.25) is 9.59 Å². The molecule has 1 aromatic carbocycles.